The van der Waals surface area contributed by atoms with Crippen LogP contribution in [0.2, 0.25) is 0 Å². The molecule has 0 amide bonds. The molecule has 190 valence electrons. The molecule has 1 spiro atoms. The molecule has 0 radical (unpaired) electrons. The predicted molar refractivity (Wildman–Crippen MR) is 134 cm³/mol. The zero-order chi connectivity index (χ0) is 24.5. The van der Waals surface area contributed by atoms with Crippen molar-refractivity contribution < 1.29 is 14.3 Å². The fraction of sp³-hybridized carbons (Fsp3) is 0.935. The Balaban J connectivity index is 1.49. The number of carbonyl (C=O) groups excluding carboxylic acids is 2. The van der Waals surface area contributed by atoms with Gasteiger partial charge in [-0.1, -0.05) is 41.5 Å². The van der Waals surface area contributed by atoms with Crippen LogP contribution in [-0.4, -0.2) is 24.3 Å². The van der Waals surface area contributed by atoms with E-state index in [2.05, 4.69) is 48.5 Å². The molecule has 6 fully saturated rings. The molecular formula is C31H48O3. The minimum atomic E-state index is -0.206. The van der Waals surface area contributed by atoms with Crippen LogP contribution in [0.25, 0.3) is 0 Å². The van der Waals surface area contributed by atoms with Crippen LogP contribution < -0.4 is 0 Å². The van der Waals surface area contributed by atoms with E-state index >= 15 is 0 Å². The molecule has 5 aliphatic carbocycles. The molecular weight excluding hydrogens is 420 g/mol. The van der Waals surface area contributed by atoms with Crippen LogP contribution in [0.4, 0.5) is 0 Å². The Morgan fingerprint density at radius 2 is 1.50 bits per heavy atom. The van der Waals surface area contributed by atoms with E-state index in [1.165, 1.54) is 44.9 Å². The highest BCUT2D eigenvalue weighted by Gasteiger charge is 2.77. The van der Waals surface area contributed by atoms with Crippen LogP contribution in [0.15, 0.2) is 0 Å². The van der Waals surface area contributed by atoms with Crippen molar-refractivity contribution in [3.8, 4) is 0 Å². The van der Waals surface area contributed by atoms with E-state index in [-0.39, 0.29) is 57.6 Å². The number of Topliss-reactive ketones (excluding diaryl/α,β-unsaturated/α-hetero) is 2. The molecule has 0 aromatic carbocycles. The SMILES string of the molecule is C[C@H]1OCC23CC[C@@]4(C)CCC(C)(C)C[C@H]4[C@]2(C)CCC12C3CC[C@@]1(C)C2C(=O)CC(=O)[C@@H]1C. The van der Waals surface area contributed by atoms with Gasteiger partial charge in [0, 0.05) is 22.7 Å². The second-order valence-corrected chi connectivity index (χ2v) is 15.6. The largest absolute Gasteiger partial charge is 0.377 e. The monoisotopic (exact) mass is 468 g/mol. The van der Waals surface area contributed by atoms with Gasteiger partial charge < -0.3 is 4.74 Å². The van der Waals surface area contributed by atoms with Crippen molar-refractivity contribution in [3.63, 3.8) is 0 Å². The lowest BCUT2D eigenvalue weighted by molar-refractivity contribution is -0.334. The Labute approximate surface area is 207 Å². The molecule has 10 atom stereocenters. The maximum atomic E-state index is 13.8. The lowest BCUT2D eigenvalue weighted by Gasteiger charge is -2.78. The number of hydrogen-bond acceptors (Lipinski definition) is 3. The molecule has 5 saturated carbocycles. The molecule has 6 aliphatic rings. The number of fused-ring (bicyclic) bond motifs is 3. The van der Waals surface area contributed by atoms with E-state index in [1.807, 2.05) is 0 Å². The first-order chi connectivity index (χ1) is 15.8. The summed E-state index contributed by atoms with van der Waals surface area (Å²) in [5.41, 5.74) is 1.03. The van der Waals surface area contributed by atoms with Crippen molar-refractivity contribution in [2.75, 3.05) is 6.61 Å². The van der Waals surface area contributed by atoms with Crippen molar-refractivity contribution in [2.24, 2.45) is 56.2 Å². The molecule has 3 nitrogen and oxygen atoms in total. The Kier molecular flexibility index (Phi) is 4.73. The Hall–Kier alpha value is -0.700. The second kappa shape index (κ2) is 6.78. The number of rotatable bonds is 0. The highest BCUT2D eigenvalue weighted by atomic mass is 16.5. The molecule has 3 heteroatoms. The van der Waals surface area contributed by atoms with Crippen LogP contribution >= 0.6 is 0 Å². The van der Waals surface area contributed by atoms with Crippen molar-refractivity contribution in [2.45, 2.75) is 119 Å². The van der Waals surface area contributed by atoms with Crippen molar-refractivity contribution in [1.29, 1.82) is 0 Å². The fourth-order valence-electron chi connectivity index (χ4n) is 11.8. The predicted octanol–water partition coefficient (Wildman–Crippen LogP) is 7.01. The number of ether oxygens (including phenoxy) is 1. The van der Waals surface area contributed by atoms with Gasteiger partial charge in [-0.05, 0) is 98.2 Å². The van der Waals surface area contributed by atoms with Crippen molar-refractivity contribution in [3.05, 3.63) is 0 Å². The zero-order valence-electron chi connectivity index (χ0n) is 22.9. The summed E-state index contributed by atoms with van der Waals surface area (Å²) in [6.07, 6.45) is 11.4. The quantitative estimate of drug-likeness (QED) is 0.359. The molecule has 4 unspecified atom stereocenters. The Morgan fingerprint density at radius 1 is 0.794 bits per heavy atom. The first-order valence-corrected chi connectivity index (χ1v) is 14.4. The maximum absolute atomic E-state index is 13.8. The average molecular weight is 469 g/mol. The van der Waals surface area contributed by atoms with E-state index in [0.717, 1.165) is 25.4 Å². The van der Waals surface area contributed by atoms with Gasteiger partial charge in [0.25, 0.3) is 0 Å². The fourth-order valence-corrected chi connectivity index (χ4v) is 11.8. The van der Waals surface area contributed by atoms with Gasteiger partial charge in [0.05, 0.1) is 19.1 Å². The Bertz CT molecular complexity index is 937. The van der Waals surface area contributed by atoms with Crippen molar-refractivity contribution >= 4 is 11.6 Å². The standard InChI is InChI=1S/C31H48O3/c1-19-21(32)16-22(33)25-28(19,6)9-8-23-30-14-12-27(5)11-10-26(3,4)17-24(27)29(30,7)13-15-31(23,25)20(2)34-18-30/h19-20,23-25H,8-18H2,1-7H3/t19-,20+,23?,24+,25?,27+,28+,29-,30?,31?/m0/s1. The summed E-state index contributed by atoms with van der Waals surface area (Å²) >= 11 is 0. The molecule has 2 bridgehead atoms. The van der Waals surface area contributed by atoms with Crippen LogP contribution in [0, 0.1) is 56.2 Å². The van der Waals surface area contributed by atoms with E-state index in [4.69, 9.17) is 4.74 Å². The van der Waals surface area contributed by atoms with Crippen LogP contribution in [0.5, 0.6) is 0 Å². The second-order valence-electron chi connectivity index (χ2n) is 15.6. The summed E-state index contributed by atoms with van der Waals surface area (Å²) in [5.74, 6) is 1.68. The number of carbonyl (C=O) groups is 2. The molecule has 0 N–H and O–H groups in total. The molecule has 6 rings (SSSR count). The molecule has 1 aliphatic heterocycles. The lowest BCUT2D eigenvalue weighted by Crippen LogP contribution is -2.76. The van der Waals surface area contributed by atoms with Gasteiger partial charge in [-0.25, -0.2) is 0 Å². The number of ketones is 2. The Morgan fingerprint density at radius 3 is 2.24 bits per heavy atom. The average Bonchev–Trinajstić information content (AvgIpc) is 2.77. The molecule has 1 heterocycles. The van der Waals surface area contributed by atoms with Gasteiger partial charge in [0.1, 0.15) is 11.6 Å². The van der Waals surface area contributed by atoms with Gasteiger partial charge in [0.2, 0.25) is 0 Å². The van der Waals surface area contributed by atoms with Crippen LogP contribution in [-0.2, 0) is 14.3 Å². The van der Waals surface area contributed by atoms with E-state index < -0.39 is 0 Å². The van der Waals surface area contributed by atoms with E-state index in [1.54, 1.807) is 0 Å². The minimum Gasteiger partial charge on any atom is -0.377 e. The van der Waals surface area contributed by atoms with Crippen molar-refractivity contribution in [1.82, 2.24) is 0 Å². The summed E-state index contributed by atoms with van der Waals surface area (Å²) < 4.78 is 6.86. The van der Waals surface area contributed by atoms with Gasteiger partial charge in [0.15, 0.2) is 0 Å². The summed E-state index contributed by atoms with van der Waals surface area (Å²) in [5, 5.41) is 0. The van der Waals surface area contributed by atoms with E-state index in [9.17, 15) is 9.59 Å². The normalized spacial score (nSPS) is 58.3. The van der Waals surface area contributed by atoms with Gasteiger partial charge in [-0.3, -0.25) is 9.59 Å². The third-order valence-corrected chi connectivity index (χ3v) is 14.1. The third kappa shape index (κ3) is 2.54. The highest BCUT2D eigenvalue weighted by molar-refractivity contribution is 6.04. The van der Waals surface area contributed by atoms with E-state index in [0.29, 0.717) is 16.7 Å². The number of hydrogen-bond donors (Lipinski definition) is 0. The summed E-state index contributed by atoms with van der Waals surface area (Å²) in [6, 6.07) is 0. The first kappa shape index (κ1) is 23.7. The van der Waals surface area contributed by atoms with Crippen LogP contribution in [0.3, 0.4) is 0 Å². The van der Waals surface area contributed by atoms with Crippen LogP contribution in [0.1, 0.15) is 113 Å². The summed E-state index contributed by atoms with van der Waals surface area (Å²) in [6.45, 7) is 17.8. The first-order valence-electron chi connectivity index (χ1n) is 14.4. The summed E-state index contributed by atoms with van der Waals surface area (Å²) in [7, 11) is 0. The molecule has 0 aromatic rings. The smallest absolute Gasteiger partial charge is 0.144 e. The third-order valence-electron chi connectivity index (χ3n) is 14.1. The van der Waals surface area contributed by atoms with Gasteiger partial charge >= 0.3 is 0 Å². The highest BCUT2D eigenvalue weighted by Crippen LogP contribution is 2.80. The summed E-state index contributed by atoms with van der Waals surface area (Å²) in [4.78, 5) is 26.7. The van der Waals surface area contributed by atoms with Gasteiger partial charge in [-0.2, -0.15) is 0 Å². The van der Waals surface area contributed by atoms with Gasteiger partial charge in [-0.15, -0.1) is 0 Å². The topological polar surface area (TPSA) is 43.4 Å². The molecule has 34 heavy (non-hydrogen) atoms. The maximum Gasteiger partial charge on any atom is 0.144 e. The molecule has 1 saturated heterocycles. The lowest BCUT2D eigenvalue weighted by atomic mass is 9.28. The zero-order valence-corrected chi connectivity index (χ0v) is 22.9. The minimum absolute atomic E-state index is 0.0146. The molecule has 0 aromatic heterocycles.